The van der Waals surface area contributed by atoms with Gasteiger partial charge in [-0.15, -0.1) is 0 Å². The molecule has 2 rings (SSSR count). The van der Waals surface area contributed by atoms with E-state index in [1.165, 1.54) is 18.2 Å². The molecule has 8 heteroatoms. The van der Waals surface area contributed by atoms with E-state index in [9.17, 15) is 18.5 Å². The van der Waals surface area contributed by atoms with Gasteiger partial charge in [-0.25, -0.2) is 8.42 Å². The number of aryl methyl sites for hydroxylation is 2. The van der Waals surface area contributed by atoms with E-state index in [2.05, 4.69) is 4.72 Å². The topological polar surface area (TPSA) is 89.3 Å². The Kier molecular flexibility index (Phi) is 4.91. The van der Waals surface area contributed by atoms with E-state index in [4.69, 9.17) is 11.6 Å². The van der Waals surface area contributed by atoms with Gasteiger partial charge < -0.3 is 0 Å². The van der Waals surface area contributed by atoms with Gasteiger partial charge >= 0.3 is 0 Å². The van der Waals surface area contributed by atoms with Gasteiger partial charge in [0.1, 0.15) is 5.75 Å². The van der Waals surface area contributed by atoms with E-state index in [0.29, 0.717) is 5.56 Å². The molecule has 0 aliphatic carbocycles. The van der Waals surface area contributed by atoms with Gasteiger partial charge in [0.25, 0.3) is 5.69 Å². The van der Waals surface area contributed by atoms with Gasteiger partial charge in [-0.1, -0.05) is 35.9 Å². The molecule has 0 unspecified atom stereocenters. The van der Waals surface area contributed by atoms with Crippen molar-refractivity contribution in [2.45, 2.75) is 19.6 Å². The van der Waals surface area contributed by atoms with Gasteiger partial charge in [0, 0.05) is 11.6 Å². The lowest BCUT2D eigenvalue weighted by molar-refractivity contribution is -0.385. The first-order valence-electron chi connectivity index (χ1n) is 6.69. The van der Waals surface area contributed by atoms with Crippen molar-refractivity contribution in [3.63, 3.8) is 0 Å². The molecule has 1 N–H and O–H groups in total. The van der Waals surface area contributed by atoms with Crippen LogP contribution in [-0.4, -0.2) is 13.3 Å². The maximum atomic E-state index is 12.3. The summed E-state index contributed by atoms with van der Waals surface area (Å²) in [6.45, 7) is 3.59. The summed E-state index contributed by atoms with van der Waals surface area (Å²) in [6.07, 6.45) is 0. The Morgan fingerprint density at radius 1 is 1.22 bits per heavy atom. The third-order valence-corrected chi connectivity index (χ3v) is 4.73. The van der Waals surface area contributed by atoms with Crippen LogP contribution in [0.2, 0.25) is 5.02 Å². The van der Waals surface area contributed by atoms with Crippen molar-refractivity contribution < 1.29 is 13.3 Å². The minimum absolute atomic E-state index is 0.117. The standard InChI is InChI=1S/C15H15ClN2O4S/c1-10-7-11(2)15(13(16)8-10)17-23(21,22)9-12-5-3-4-6-14(12)18(19)20/h3-8,17H,9H2,1-2H3. The van der Waals surface area contributed by atoms with Gasteiger partial charge in [-0.2, -0.15) is 0 Å². The van der Waals surface area contributed by atoms with Crippen LogP contribution in [0.4, 0.5) is 11.4 Å². The number of sulfonamides is 1. The number of nitrogens with zero attached hydrogens (tertiary/aromatic N) is 1. The molecule has 0 aromatic heterocycles. The van der Waals surface area contributed by atoms with Crippen molar-refractivity contribution in [1.82, 2.24) is 0 Å². The first-order chi connectivity index (χ1) is 10.7. The van der Waals surface area contributed by atoms with Gasteiger partial charge in [0.05, 0.1) is 15.6 Å². The fourth-order valence-electron chi connectivity index (χ4n) is 2.25. The predicted octanol–water partition coefficient (Wildman–Crippen LogP) is 3.81. The average molecular weight is 355 g/mol. The predicted molar refractivity (Wildman–Crippen MR) is 90.3 cm³/mol. The Morgan fingerprint density at radius 3 is 2.48 bits per heavy atom. The summed E-state index contributed by atoms with van der Waals surface area (Å²) in [5, 5.41) is 11.3. The first-order valence-corrected chi connectivity index (χ1v) is 8.72. The Bertz CT molecular complexity index is 843. The highest BCUT2D eigenvalue weighted by Gasteiger charge is 2.21. The number of halogens is 1. The van der Waals surface area contributed by atoms with Crippen molar-refractivity contribution in [2.75, 3.05) is 4.72 Å². The van der Waals surface area contributed by atoms with Crippen molar-refractivity contribution in [1.29, 1.82) is 0 Å². The average Bonchev–Trinajstić information content (AvgIpc) is 2.43. The summed E-state index contributed by atoms with van der Waals surface area (Å²) < 4.78 is 27.1. The maximum absolute atomic E-state index is 12.3. The zero-order chi connectivity index (χ0) is 17.2. The van der Waals surface area contributed by atoms with Crippen LogP contribution in [0.25, 0.3) is 0 Å². The summed E-state index contributed by atoms with van der Waals surface area (Å²) in [6, 6.07) is 9.19. The van der Waals surface area contributed by atoms with Gasteiger partial charge in [-0.05, 0) is 31.0 Å². The zero-order valence-electron chi connectivity index (χ0n) is 12.5. The minimum atomic E-state index is -3.84. The molecule has 23 heavy (non-hydrogen) atoms. The van der Waals surface area contributed by atoms with Crippen molar-refractivity contribution in [3.05, 3.63) is 68.2 Å². The fraction of sp³-hybridized carbons (Fsp3) is 0.200. The van der Waals surface area contributed by atoms with E-state index in [1.807, 2.05) is 6.92 Å². The molecular formula is C15H15ClN2O4S. The van der Waals surface area contributed by atoms with Crippen LogP contribution in [0, 0.1) is 24.0 Å². The monoisotopic (exact) mass is 354 g/mol. The minimum Gasteiger partial charge on any atom is -0.281 e. The molecule has 122 valence electrons. The van der Waals surface area contributed by atoms with Crippen molar-refractivity contribution in [3.8, 4) is 0 Å². The third kappa shape index (κ3) is 4.20. The molecule has 0 aliphatic heterocycles. The van der Waals surface area contributed by atoms with Crippen LogP contribution in [0.1, 0.15) is 16.7 Å². The molecule has 0 atom stereocenters. The zero-order valence-corrected chi connectivity index (χ0v) is 14.1. The Hall–Kier alpha value is -2.12. The quantitative estimate of drug-likeness (QED) is 0.653. The lowest BCUT2D eigenvalue weighted by Crippen LogP contribution is -2.17. The molecular weight excluding hydrogens is 340 g/mol. The van der Waals surface area contributed by atoms with Crippen LogP contribution in [-0.2, 0) is 15.8 Å². The smallest absolute Gasteiger partial charge is 0.273 e. The van der Waals surface area contributed by atoms with E-state index in [0.717, 1.165) is 5.56 Å². The summed E-state index contributed by atoms with van der Waals surface area (Å²) in [4.78, 5) is 10.4. The molecule has 0 saturated heterocycles. The maximum Gasteiger partial charge on any atom is 0.273 e. The molecule has 0 amide bonds. The second kappa shape index (κ2) is 6.55. The second-order valence-electron chi connectivity index (χ2n) is 5.19. The normalized spacial score (nSPS) is 11.3. The SMILES string of the molecule is Cc1cc(C)c(NS(=O)(=O)Cc2ccccc2[N+](=O)[O-])c(Cl)c1. The largest absolute Gasteiger partial charge is 0.281 e. The number of para-hydroxylation sites is 1. The molecule has 0 saturated carbocycles. The number of nitro benzene ring substituents is 1. The molecule has 0 heterocycles. The van der Waals surface area contributed by atoms with Crippen molar-refractivity contribution >= 4 is 33.0 Å². The van der Waals surface area contributed by atoms with E-state index >= 15 is 0 Å². The molecule has 2 aromatic rings. The van der Waals surface area contributed by atoms with Gasteiger partial charge in [-0.3, -0.25) is 14.8 Å². The van der Waals surface area contributed by atoms with Crippen LogP contribution in [0.15, 0.2) is 36.4 Å². The molecule has 0 aliphatic rings. The number of hydrogen-bond donors (Lipinski definition) is 1. The fourth-order valence-corrected chi connectivity index (χ4v) is 3.98. The van der Waals surface area contributed by atoms with E-state index < -0.39 is 20.7 Å². The van der Waals surface area contributed by atoms with Crippen LogP contribution in [0.5, 0.6) is 0 Å². The number of nitro groups is 1. The van der Waals surface area contributed by atoms with Crippen LogP contribution in [0.3, 0.4) is 0 Å². The lowest BCUT2D eigenvalue weighted by Gasteiger charge is -2.13. The number of anilines is 1. The van der Waals surface area contributed by atoms with Crippen molar-refractivity contribution in [2.24, 2.45) is 0 Å². The highest BCUT2D eigenvalue weighted by atomic mass is 35.5. The number of rotatable bonds is 5. The number of nitrogens with one attached hydrogen (secondary N) is 1. The molecule has 0 fully saturated rings. The Balaban J connectivity index is 2.33. The Morgan fingerprint density at radius 2 is 1.87 bits per heavy atom. The van der Waals surface area contributed by atoms with E-state index in [-0.39, 0.29) is 22.0 Å². The number of benzene rings is 2. The molecule has 0 spiro atoms. The molecule has 2 aromatic carbocycles. The molecule has 0 radical (unpaired) electrons. The first kappa shape index (κ1) is 17.2. The van der Waals surface area contributed by atoms with Crippen LogP contribution < -0.4 is 4.72 Å². The number of hydrogen-bond acceptors (Lipinski definition) is 4. The third-order valence-electron chi connectivity index (χ3n) is 3.22. The highest BCUT2D eigenvalue weighted by Crippen LogP contribution is 2.29. The highest BCUT2D eigenvalue weighted by molar-refractivity contribution is 7.91. The lowest BCUT2D eigenvalue weighted by atomic mass is 10.1. The summed E-state index contributed by atoms with van der Waals surface area (Å²) >= 11 is 6.09. The molecule has 6 nitrogen and oxygen atoms in total. The van der Waals surface area contributed by atoms with Gasteiger partial charge in [0.15, 0.2) is 0 Å². The van der Waals surface area contributed by atoms with Gasteiger partial charge in [0.2, 0.25) is 10.0 Å². The summed E-state index contributed by atoms with van der Waals surface area (Å²) in [7, 11) is -3.84. The second-order valence-corrected chi connectivity index (χ2v) is 7.32. The summed E-state index contributed by atoms with van der Waals surface area (Å²) in [5.41, 5.74) is 1.77. The summed E-state index contributed by atoms with van der Waals surface area (Å²) in [5.74, 6) is -0.506. The molecule has 0 bridgehead atoms. The van der Waals surface area contributed by atoms with E-state index in [1.54, 1.807) is 25.1 Å². The van der Waals surface area contributed by atoms with Crippen LogP contribution >= 0.6 is 11.6 Å². The Labute approximate surface area is 139 Å².